The van der Waals surface area contributed by atoms with E-state index >= 15 is 0 Å². The lowest BCUT2D eigenvalue weighted by atomic mass is 10.2. The number of esters is 1. The molecule has 0 amide bonds. The van der Waals surface area contributed by atoms with Crippen LogP contribution in [-0.4, -0.2) is 27.5 Å². The summed E-state index contributed by atoms with van der Waals surface area (Å²) in [5.74, 6) is 0.125. The minimum absolute atomic E-state index is 0.336. The zero-order valence-corrected chi connectivity index (χ0v) is 13.1. The van der Waals surface area contributed by atoms with Gasteiger partial charge < -0.3 is 10.1 Å². The maximum absolute atomic E-state index is 11.6. The van der Waals surface area contributed by atoms with E-state index in [1.807, 2.05) is 18.2 Å². The normalized spacial score (nSPS) is 10.2. The van der Waals surface area contributed by atoms with Crippen molar-refractivity contribution in [1.82, 2.24) is 15.0 Å². The Kier molecular flexibility index (Phi) is 4.76. The average Bonchev–Trinajstić information content (AvgIpc) is 2.63. The van der Waals surface area contributed by atoms with Crippen molar-refractivity contribution in [3.05, 3.63) is 66.5 Å². The van der Waals surface area contributed by atoms with Crippen LogP contribution in [0.2, 0.25) is 0 Å². The number of pyridine rings is 1. The molecule has 0 atom stereocenters. The molecule has 0 saturated heterocycles. The lowest BCUT2D eigenvalue weighted by molar-refractivity contribution is 0.0526. The van der Waals surface area contributed by atoms with Crippen molar-refractivity contribution in [2.24, 2.45) is 0 Å². The lowest BCUT2D eigenvalue weighted by Gasteiger charge is -2.07. The first kappa shape index (κ1) is 15.6. The smallest absolute Gasteiger partial charge is 0.338 e. The van der Waals surface area contributed by atoms with Gasteiger partial charge in [-0.2, -0.15) is 0 Å². The minimum atomic E-state index is -0.336. The van der Waals surface area contributed by atoms with Gasteiger partial charge in [0, 0.05) is 18.1 Å². The SMILES string of the molecule is CCOC(=O)c1ccc(Nc2nccc(-c3ccccn3)n2)cc1. The molecule has 0 spiro atoms. The fourth-order valence-corrected chi connectivity index (χ4v) is 2.11. The van der Waals surface area contributed by atoms with Crippen LogP contribution in [0.3, 0.4) is 0 Å². The Hall–Kier alpha value is -3.28. The summed E-state index contributed by atoms with van der Waals surface area (Å²) in [4.78, 5) is 24.6. The molecule has 24 heavy (non-hydrogen) atoms. The molecule has 1 aromatic carbocycles. The summed E-state index contributed by atoms with van der Waals surface area (Å²) in [5.41, 5.74) is 2.80. The van der Waals surface area contributed by atoms with Gasteiger partial charge in [-0.15, -0.1) is 0 Å². The van der Waals surface area contributed by atoms with Gasteiger partial charge in [0.2, 0.25) is 5.95 Å². The summed E-state index contributed by atoms with van der Waals surface area (Å²) < 4.78 is 4.96. The summed E-state index contributed by atoms with van der Waals surface area (Å²) in [6, 6.07) is 14.4. The fraction of sp³-hybridized carbons (Fsp3) is 0.111. The van der Waals surface area contributed by atoms with Gasteiger partial charge in [-0.3, -0.25) is 4.98 Å². The number of hydrogen-bond acceptors (Lipinski definition) is 6. The zero-order chi connectivity index (χ0) is 16.8. The summed E-state index contributed by atoms with van der Waals surface area (Å²) in [6.07, 6.45) is 3.39. The maximum atomic E-state index is 11.6. The Labute approximate surface area is 139 Å². The van der Waals surface area contributed by atoms with Gasteiger partial charge in [-0.25, -0.2) is 14.8 Å². The molecule has 3 aromatic rings. The molecular weight excluding hydrogens is 304 g/mol. The van der Waals surface area contributed by atoms with Crippen molar-refractivity contribution < 1.29 is 9.53 Å². The first-order chi connectivity index (χ1) is 11.8. The number of benzene rings is 1. The highest BCUT2D eigenvalue weighted by molar-refractivity contribution is 5.89. The first-order valence-corrected chi connectivity index (χ1v) is 7.55. The van der Waals surface area contributed by atoms with E-state index < -0.39 is 0 Å². The number of ether oxygens (including phenoxy) is 1. The quantitative estimate of drug-likeness (QED) is 0.725. The molecule has 0 saturated carbocycles. The number of carbonyl (C=O) groups is 1. The average molecular weight is 320 g/mol. The summed E-state index contributed by atoms with van der Waals surface area (Å²) in [5, 5.41) is 3.11. The molecule has 120 valence electrons. The first-order valence-electron chi connectivity index (χ1n) is 7.55. The number of aromatic nitrogens is 3. The van der Waals surface area contributed by atoms with Crippen molar-refractivity contribution in [2.45, 2.75) is 6.92 Å². The molecule has 6 heteroatoms. The molecule has 0 aliphatic rings. The van der Waals surface area contributed by atoms with Gasteiger partial charge in [0.05, 0.1) is 23.6 Å². The van der Waals surface area contributed by atoms with Crippen LogP contribution in [-0.2, 0) is 4.74 Å². The monoisotopic (exact) mass is 320 g/mol. The van der Waals surface area contributed by atoms with Crippen molar-refractivity contribution >= 4 is 17.6 Å². The van der Waals surface area contributed by atoms with E-state index in [9.17, 15) is 4.79 Å². The van der Waals surface area contributed by atoms with E-state index in [0.717, 1.165) is 17.1 Å². The molecule has 0 unspecified atom stereocenters. The van der Waals surface area contributed by atoms with Crippen LogP contribution in [0, 0.1) is 0 Å². The van der Waals surface area contributed by atoms with Crippen molar-refractivity contribution in [1.29, 1.82) is 0 Å². The van der Waals surface area contributed by atoms with E-state index in [2.05, 4.69) is 20.3 Å². The number of rotatable bonds is 5. The molecule has 0 fully saturated rings. The second kappa shape index (κ2) is 7.32. The Morgan fingerprint density at radius 2 is 1.83 bits per heavy atom. The van der Waals surface area contributed by atoms with Crippen LogP contribution in [0.15, 0.2) is 60.9 Å². The Balaban J connectivity index is 1.76. The van der Waals surface area contributed by atoms with Gasteiger partial charge in [0.15, 0.2) is 0 Å². The van der Waals surface area contributed by atoms with Gasteiger partial charge in [0.25, 0.3) is 0 Å². The Morgan fingerprint density at radius 3 is 2.54 bits per heavy atom. The molecule has 6 nitrogen and oxygen atoms in total. The Morgan fingerprint density at radius 1 is 1.00 bits per heavy atom. The van der Waals surface area contributed by atoms with Crippen LogP contribution < -0.4 is 5.32 Å². The second-order valence-electron chi connectivity index (χ2n) is 4.90. The predicted octanol–water partition coefficient (Wildman–Crippen LogP) is 3.46. The highest BCUT2D eigenvalue weighted by Crippen LogP contribution is 2.18. The van der Waals surface area contributed by atoms with Crippen molar-refractivity contribution in [3.8, 4) is 11.4 Å². The van der Waals surface area contributed by atoms with E-state index in [1.165, 1.54) is 0 Å². The van der Waals surface area contributed by atoms with E-state index in [1.54, 1.807) is 49.6 Å². The molecule has 0 bridgehead atoms. The maximum Gasteiger partial charge on any atom is 0.338 e. The number of nitrogens with zero attached hydrogens (tertiary/aromatic N) is 3. The number of nitrogens with one attached hydrogen (secondary N) is 1. The van der Waals surface area contributed by atoms with Crippen molar-refractivity contribution in [2.75, 3.05) is 11.9 Å². The lowest BCUT2D eigenvalue weighted by Crippen LogP contribution is -2.04. The third-order valence-corrected chi connectivity index (χ3v) is 3.24. The fourth-order valence-electron chi connectivity index (χ4n) is 2.11. The molecule has 1 N–H and O–H groups in total. The van der Waals surface area contributed by atoms with Crippen LogP contribution in [0.25, 0.3) is 11.4 Å². The van der Waals surface area contributed by atoms with Crippen LogP contribution in [0.4, 0.5) is 11.6 Å². The van der Waals surface area contributed by atoms with Gasteiger partial charge in [0.1, 0.15) is 0 Å². The van der Waals surface area contributed by atoms with Gasteiger partial charge in [-0.05, 0) is 49.4 Å². The zero-order valence-electron chi connectivity index (χ0n) is 13.1. The van der Waals surface area contributed by atoms with E-state index in [-0.39, 0.29) is 5.97 Å². The highest BCUT2D eigenvalue weighted by atomic mass is 16.5. The predicted molar refractivity (Wildman–Crippen MR) is 90.9 cm³/mol. The third kappa shape index (κ3) is 3.73. The van der Waals surface area contributed by atoms with E-state index in [0.29, 0.717) is 18.1 Å². The largest absolute Gasteiger partial charge is 0.462 e. The minimum Gasteiger partial charge on any atom is -0.462 e. The second-order valence-corrected chi connectivity index (χ2v) is 4.90. The topological polar surface area (TPSA) is 77.0 Å². The molecule has 2 aromatic heterocycles. The molecular formula is C18H16N4O2. The van der Waals surface area contributed by atoms with E-state index in [4.69, 9.17) is 4.74 Å². The van der Waals surface area contributed by atoms with Crippen LogP contribution in [0.1, 0.15) is 17.3 Å². The molecule has 2 heterocycles. The van der Waals surface area contributed by atoms with Gasteiger partial charge in [-0.1, -0.05) is 6.07 Å². The summed E-state index contributed by atoms with van der Waals surface area (Å²) >= 11 is 0. The standard InChI is InChI=1S/C18H16N4O2/c1-2-24-17(23)13-6-8-14(9-7-13)21-18-20-12-10-16(22-18)15-5-3-4-11-19-15/h3-12H,2H2,1H3,(H,20,21,22). The number of carbonyl (C=O) groups excluding carboxylic acids is 1. The Bertz CT molecular complexity index is 820. The summed E-state index contributed by atoms with van der Waals surface area (Å²) in [6.45, 7) is 2.13. The molecule has 0 radical (unpaired) electrons. The highest BCUT2D eigenvalue weighted by Gasteiger charge is 2.07. The number of anilines is 2. The molecule has 3 rings (SSSR count). The van der Waals surface area contributed by atoms with Crippen LogP contribution >= 0.6 is 0 Å². The van der Waals surface area contributed by atoms with Crippen molar-refractivity contribution in [3.63, 3.8) is 0 Å². The third-order valence-electron chi connectivity index (χ3n) is 3.24. The van der Waals surface area contributed by atoms with Gasteiger partial charge >= 0.3 is 5.97 Å². The van der Waals surface area contributed by atoms with Crippen LogP contribution in [0.5, 0.6) is 0 Å². The molecule has 0 aliphatic carbocycles. The molecule has 0 aliphatic heterocycles. The summed E-state index contributed by atoms with van der Waals surface area (Å²) in [7, 11) is 0. The number of hydrogen-bond donors (Lipinski definition) is 1.